The van der Waals surface area contributed by atoms with E-state index in [1.807, 2.05) is 46.2 Å². The van der Waals surface area contributed by atoms with Gasteiger partial charge in [0.05, 0.1) is 34.9 Å². The van der Waals surface area contributed by atoms with Crippen molar-refractivity contribution in [2.24, 2.45) is 0 Å². The maximum atomic E-state index is 13.0. The Bertz CT molecular complexity index is 3170. The zero-order chi connectivity index (χ0) is 57.6. The number of carbonyl (C=O) groups is 4. The maximum Gasteiger partial charge on any atom is 0.416 e. The summed E-state index contributed by atoms with van der Waals surface area (Å²) in [6, 6.07) is 48.3. The fourth-order valence-electron chi connectivity index (χ4n) is 8.90. The van der Waals surface area contributed by atoms with Crippen LogP contribution in [0.3, 0.4) is 0 Å². The summed E-state index contributed by atoms with van der Waals surface area (Å²) in [5, 5.41) is 5.18. The van der Waals surface area contributed by atoms with Crippen molar-refractivity contribution < 1.29 is 55.0 Å². The van der Waals surface area contributed by atoms with E-state index in [2.05, 4.69) is 54.7 Å². The second kappa shape index (κ2) is 26.2. The molecule has 2 aliphatic rings. The smallest absolute Gasteiger partial charge is 0.416 e. The van der Waals surface area contributed by atoms with E-state index in [4.69, 9.17) is 9.47 Å². The minimum Gasteiger partial charge on any atom is -0.439 e. The van der Waals surface area contributed by atoms with Gasteiger partial charge in [-0.05, 0) is 120 Å². The van der Waals surface area contributed by atoms with Crippen molar-refractivity contribution in [2.45, 2.75) is 25.4 Å². The van der Waals surface area contributed by atoms with Crippen LogP contribution in [0, 0.1) is 0 Å². The van der Waals surface area contributed by atoms with Crippen LogP contribution >= 0.6 is 0 Å². The van der Waals surface area contributed by atoms with Crippen LogP contribution in [0.4, 0.5) is 37.7 Å². The highest BCUT2D eigenvalue weighted by atomic mass is 19.4. The standard InChI is InChI=1S/2C31H27F3N4O3/c2*32-31(33,34)25-10-6-23(7-11-25)29(39)36-26-12-15-28(35-20-26)41-27-13-8-24(9-14-27)30(40)38-18-16-37(17-19-38)21-22-4-2-1-3-5-22/h2*1-15,20H,16-19,21H2,(H,36,39). The topological polar surface area (TPSA) is 150 Å². The summed E-state index contributed by atoms with van der Waals surface area (Å²) in [5.74, 6) is 0.340. The fourth-order valence-corrected chi connectivity index (χ4v) is 8.90. The summed E-state index contributed by atoms with van der Waals surface area (Å²) in [7, 11) is 0. The molecular formula is C62H54F6N8O6. The van der Waals surface area contributed by atoms with Gasteiger partial charge < -0.3 is 29.9 Å². The van der Waals surface area contributed by atoms with Crippen molar-refractivity contribution in [3.05, 3.63) is 239 Å². The van der Waals surface area contributed by atoms with Crippen molar-refractivity contribution in [1.29, 1.82) is 0 Å². The molecule has 2 fully saturated rings. The molecule has 2 N–H and O–H groups in total. The van der Waals surface area contributed by atoms with Gasteiger partial charge in [0.25, 0.3) is 23.6 Å². The number of anilines is 2. The number of pyridine rings is 2. The first-order chi connectivity index (χ1) is 39.5. The monoisotopic (exact) mass is 1120 g/mol. The summed E-state index contributed by atoms with van der Waals surface area (Å²) >= 11 is 0. The van der Waals surface area contributed by atoms with Crippen molar-refractivity contribution in [2.75, 3.05) is 63.0 Å². The molecule has 4 amide bonds. The second-order valence-corrected chi connectivity index (χ2v) is 19.2. The number of nitrogens with one attached hydrogen (secondary N) is 2. The molecule has 6 aromatic carbocycles. The summed E-state index contributed by atoms with van der Waals surface area (Å²) in [6.07, 6.45) is -6.17. The molecule has 2 aliphatic heterocycles. The number of rotatable bonds is 14. The summed E-state index contributed by atoms with van der Waals surface area (Å²) in [4.78, 5) is 67.4. The average molecular weight is 1120 g/mol. The molecule has 20 heteroatoms. The fraction of sp³-hybridized carbons (Fsp3) is 0.194. The molecule has 0 bridgehead atoms. The lowest BCUT2D eigenvalue weighted by molar-refractivity contribution is -0.138. The Morgan fingerprint density at radius 1 is 0.402 bits per heavy atom. The number of amides is 4. The van der Waals surface area contributed by atoms with Gasteiger partial charge in [-0.25, -0.2) is 9.97 Å². The van der Waals surface area contributed by atoms with Crippen LogP contribution in [0.2, 0.25) is 0 Å². The highest BCUT2D eigenvalue weighted by Crippen LogP contribution is 2.31. The molecule has 0 atom stereocenters. The molecule has 10 rings (SSSR count). The normalized spacial score (nSPS) is 14.0. The molecule has 8 aromatic rings. The first-order valence-corrected chi connectivity index (χ1v) is 26.1. The molecule has 0 radical (unpaired) electrons. The molecule has 2 aromatic heterocycles. The largest absolute Gasteiger partial charge is 0.439 e. The zero-order valence-corrected chi connectivity index (χ0v) is 43.9. The number of nitrogens with zero attached hydrogens (tertiary/aromatic N) is 6. The van der Waals surface area contributed by atoms with Crippen LogP contribution in [0.25, 0.3) is 0 Å². The van der Waals surface area contributed by atoms with E-state index in [9.17, 15) is 45.5 Å². The average Bonchev–Trinajstić information content (AvgIpc) is 3.51. The van der Waals surface area contributed by atoms with Crippen LogP contribution < -0.4 is 20.1 Å². The number of alkyl halides is 6. The first kappa shape index (κ1) is 57.3. The molecule has 0 aliphatic carbocycles. The molecule has 14 nitrogen and oxygen atoms in total. The van der Waals surface area contributed by atoms with Crippen LogP contribution in [0.5, 0.6) is 23.3 Å². The lowest BCUT2D eigenvalue weighted by Gasteiger charge is -2.34. The predicted octanol–water partition coefficient (Wildman–Crippen LogP) is 12.2. The van der Waals surface area contributed by atoms with Crippen LogP contribution in [-0.2, 0) is 25.4 Å². The Kier molecular flexibility index (Phi) is 18.3. The van der Waals surface area contributed by atoms with E-state index in [1.54, 1.807) is 72.8 Å². The van der Waals surface area contributed by atoms with Crippen molar-refractivity contribution in [3.63, 3.8) is 0 Å². The summed E-state index contributed by atoms with van der Waals surface area (Å²) in [6.45, 7) is 7.65. The van der Waals surface area contributed by atoms with Gasteiger partial charge in [-0.2, -0.15) is 26.3 Å². The number of benzene rings is 6. The molecular weight excluding hydrogens is 1070 g/mol. The van der Waals surface area contributed by atoms with Crippen LogP contribution in [0.1, 0.15) is 63.7 Å². The molecule has 4 heterocycles. The number of piperazine rings is 2. The van der Waals surface area contributed by atoms with Crippen molar-refractivity contribution >= 4 is 35.0 Å². The van der Waals surface area contributed by atoms with Crippen LogP contribution in [0.15, 0.2) is 194 Å². The molecule has 0 spiro atoms. The predicted molar refractivity (Wildman–Crippen MR) is 296 cm³/mol. The minimum atomic E-state index is -4.47. The highest BCUT2D eigenvalue weighted by molar-refractivity contribution is 6.05. The van der Waals surface area contributed by atoms with Gasteiger partial charge in [0.1, 0.15) is 11.5 Å². The number of aromatic nitrogens is 2. The van der Waals surface area contributed by atoms with Gasteiger partial charge in [-0.15, -0.1) is 0 Å². The van der Waals surface area contributed by atoms with Crippen molar-refractivity contribution in [1.82, 2.24) is 29.6 Å². The minimum absolute atomic E-state index is 0.0258. The van der Waals surface area contributed by atoms with Crippen LogP contribution in [-0.4, -0.2) is 106 Å². The van der Waals surface area contributed by atoms with Gasteiger partial charge in [-0.3, -0.25) is 29.0 Å². The number of halogens is 6. The third-order valence-electron chi connectivity index (χ3n) is 13.4. The summed E-state index contributed by atoms with van der Waals surface area (Å²) in [5.41, 5.74) is 2.89. The highest BCUT2D eigenvalue weighted by Gasteiger charge is 2.31. The van der Waals surface area contributed by atoms with E-state index < -0.39 is 35.3 Å². The molecule has 82 heavy (non-hydrogen) atoms. The first-order valence-electron chi connectivity index (χ1n) is 26.1. The summed E-state index contributed by atoms with van der Waals surface area (Å²) < 4.78 is 87.9. The number of hydrogen-bond donors (Lipinski definition) is 2. The SMILES string of the molecule is O=C(Nc1ccc(Oc2ccc(C(=O)N3CCN(Cc4ccccc4)CC3)cc2)nc1)c1ccc(C(F)(F)F)cc1.O=C(Nc1ccc(Oc2ccc(C(=O)N3CCN(Cc4ccccc4)CC3)cc2)nc1)c1ccc(C(F)(F)F)cc1. The lowest BCUT2D eigenvalue weighted by Crippen LogP contribution is -2.48. The van der Waals surface area contributed by atoms with Gasteiger partial charge in [0.2, 0.25) is 11.8 Å². The third-order valence-corrected chi connectivity index (χ3v) is 13.4. The quantitative estimate of drug-likeness (QED) is 0.101. The Morgan fingerprint density at radius 2 is 0.732 bits per heavy atom. The van der Waals surface area contributed by atoms with Gasteiger partial charge >= 0.3 is 12.4 Å². The number of hydrogen-bond acceptors (Lipinski definition) is 10. The Morgan fingerprint density at radius 3 is 1.04 bits per heavy atom. The van der Waals surface area contributed by atoms with E-state index in [0.29, 0.717) is 60.2 Å². The number of carbonyl (C=O) groups excluding carboxylic acids is 4. The molecule has 0 saturated carbocycles. The van der Waals surface area contributed by atoms with Gasteiger partial charge in [-0.1, -0.05) is 60.7 Å². The number of ether oxygens (including phenoxy) is 2. The molecule has 2 saturated heterocycles. The second-order valence-electron chi connectivity index (χ2n) is 19.2. The van der Waals surface area contributed by atoms with E-state index in [1.165, 1.54) is 23.5 Å². The molecule has 420 valence electrons. The Hall–Kier alpha value is -9.40. The van der Waals surface area contributed by atoms with Gasteiger partial charge in [0, 0.05) is 99.8 Å². The van der Waals surface area contributed by atoms with Gasteiger partial charge in [0.15, 0.2) is 0 Å². The zero-order valence-electron chi connectivity index (χ0n) is 43.9. The third kappa shape index (κ3) is 15.9. The molecule has 0 unspecified atom stereocenters. The Labute approximate surface area is 468 Å². The van der Waals surface area contributed by atoms with E-state index in [-0.39, 0.29) is 34.7 Å². The van der Waals surface area contributed by atoms with Crippen molar-refractivity contribution in [3.8, 4) is 23.3 Å². The lowest BCUT2D eigenvalue weighted by atomic mass is 10.1. The van der Waals surface area contributed by atoms with E-state index >= 15 is 0 Å². The van der Waals surface area contributed by atoms with E-state index in [0.717, 1.165) is 87.8 Å². The Balaban J connectivity index is 0.000000198. The maximum absolute atomic E-state index is 13.0.